The van der Waals surface area contributed by atoms with Crippen molar-refractivity contribution in [3.05, 3.63) is 47.8 Å². The van der Waals surface area contributed by atoms with E-state index in [1.54, 1.807) is 0 Å². The van der Waals surface area contributed by atoms with Crippen molar-refractivity contribution in [1.29, 1.82) is 0 Å². The smallest absolute Gasteiger partial charge is 0.0798 e. The number of benzene rings is 1. The first-order chi connectivity index (χ1) is 7.77. The number of hydrogen-bond donors (Lipinski definition) is 0. The van der Waals surface area contributed by atoms with Crippen LogP contribution in [-0.4, -0.2) is 9.97 Å². The zero-order chi connectivity index (χ0) is 11.1. The lowest BCUT2D eigenvalue weighted by molar-refractivity contribution is 1.33. The molecule has 16 heavy (non-hydrogen) atoms. The van der Waals surface area contributed by atoms with E-state index in [1.807, 2.05) is 24.5 Å². The van der Waals surface area contributed by atoms with Crippen LogP contribution in [0.1, 0.15) is 11.1 Å². The summed E-state index contributed by atoms with van der Waals surface area (Å²) in [6.07, 6.45) is 3.70. The fraction of sp³-hybridized carbons (Fsp3) is 0.143. The molecule has 0 N–H and O–H groups in total. The molecule has 1 aromatic carbocycles. The van der Waals surface area contributed by atoms with Crippen molar-refractivity contribution in [3.63, 3.8) is 0 Å². The van der Waals surface area contributed by atoms with Gasteiger partial charge < -0.3 is 0 Å². The Bertz CT molecular complexity index is 687. The number of hydrogen-bond acceptors (Lipinski definition) is 2. The molecule has 0 aliphatic heterocycles. The Labute approximate surface area is 94.0 Å². The largest absolute Gasteiger partial charge is 0.256 e. The molecule has 0 amide bonds. The number of fused-ring (bicyclic) bond motifs is 3. The van der Waals surface area contributed by atoms with E-state index in [4.69, 9.17) is 0 Å². The predicted octanol–water partition coefficient (Wildman–Crippen LogP) is 3.40. The standard InChI is InChI=1S/C14H12N2/c1-9-5-7-16-13-10(2)8-11-4-3-6-15-14(11)12(9)13/h3-8H,1-2H3. The third-order valence-electron chi connectivity index (χ3n) is 2.98. The van der Waals surface area contributed by atoms with E-state index in [1.165, 1.54) is 21.9 Å². The maximum atomic E-state index is 4.47. The first-order valence-corrected chi connectivity index (χ1v) is 5.37. The van der Waals surface area contributed by atoms with Crippen molar-refractivity contribution in [2.75, 3.05) is 0 Å². The summed E-state index contributed by atoms with van der Waals surface area (Å²) >= 11 is 0. The van der Waals surface area contributed by atoms with Gasteiger partial charge in [-0.1, -0.05) is 6.07 Å². The highest BCUT2D eigenvalue weighted by atomic mass is 14.7. The van der Waals surface area contributed by atoms with Crippen LogP contribution >= 0.6 is 0 Å². The number of aromatic nitrogens is 2. The minimum absolute atomic E-state index is 1.05. The first kappa shape index (κ1) is 9.28. The summed E-state index contributed by atoms with van der Waals surface area (Å²) in [7, 11) is 0. The zero-order valence-corrected chi connectivity index (χ0v) is 9.36. The molecule has 0 spiro atoms. The lowest BCUT2D eigenvalue weighted by atomic mass is 10.0. The van der Waals surface area contributed by atoms with Crippen molar-refractivity contribution in [2.45, 2.75) is 13.8 Å². The van der Waals surface area contributed by atoms with Crippen LogP contribution in [0.2, 0.25) is 0 Å². The second kappa shape index (κ2) is 3.27. The number of aryl methyl sites for hydroxylation is 2. The average Bonchev–Trinajstić information content (AvgIpc) is 2.30. The molecule has 2 aromatic heterocycles. The summed E-state index contributed by atoms with van der Waals surface area (Å²) in [5.41, 5.74) is 4.55. The molecule has 2 heteroatoms. The Hall–Kier alpha value is -1.96. The highest BCUT2D eigenvalue weighted by Crippen LogP contribution is 2.27. The molecule has 0 unspecified atom stereocenters. The van der Waals surface area contributed by atoms with Gasteiger partial charge in [-0.05, 0) is 43.2 Å². The molecule has 3 rings (SSSR count). The molecule has 0 bridgehead atoms. The van der Waals surface area contributed by atoms with Crippen molar-refractivity contribution < 1.29 is 0 Å². The van der Waals surface area contributed by atoms with Gasteiger partial charge in [0.05, 0.1) is 11.0 Å². The quantitative estimate of drug-likeness (QED) is 0.529. The second-order valence-electron chi connectivity index (χ2n) is 4.12. The summed E-state index contributed by atoms with van der Waals surface area (Å²) in [6.45, 7) is 4.21. The van der Waals surface area contributed by atoms with E-state index in [0.29, 0.717) is 0 Å². The van der Waals surface area contributed by atoms with Gasteiger partial charge in [-0.2, -0.15) is 0 Å². The van der Waals surface area contributed by atoms with E-state index in [0.717, 1.165) is 11.0 Å². The lowest BCUT2D eigenvalue weighted by Gasteiger charge is -2.07. The van der Waals surface area contributed by atoms with Crippen LogP contribution in [0.4, 0.5) is 0 Å². The van der Waals surface area contributed by atoms with Crippen molar-refractivity contribution in [1.82, 2.24) is 9.97 Å². The third-order valence-corrected chi connectivity index (χ3v) is 2.98. The van der Waals surface area contributed by atoms with Crippen LogP contribution in [0.3, 0.4) is 0 Å². The van der Waals surface area contributed by atoms with Crippen LogP contribution in [0.5, 0.6) is 0 Å². The van der Waals surface area contributed by atoms with Gasteiger partial charge in [0.15, 0.2) is 0 Å². The highest BCUT2D eigenvalue weighted by Gasteiger charge is 2.07. The summed E-state index contributed by atoms with van der Waals surface area (Å²) in [4.78, 5) is 8.92. The Balaban J connectivity index is 2.67. The molecular weight excluding hydrogens is 196 g/mol. The van der Waals surface area contributed by atoms with Crippen LogP contribution in [0.15, 0.2) is 36.7 Å². The summed E-state index contributed by atoms with van der Waals surface area (Å²) in [6, 6.07) is 8.26. The number of rotatable bonds is 0. The summed E-state index contributed by atoms with van der Waals surface area (Å²) < 4.78 is 0. The monoisotopic (exact) mass is 208 g/mol. The van der Waals surface area contributed by atoms with Crippen molar-refractivity contribution in [3.8, 4) is 0 Å². The highest BCUT2D eigenvalue weighted by molar-refractivity contribution is 6.06. The van der Waals surface area contributed by atoms with E-state index < -0.39 is 0 Å². The molecule has 2 heterocycles. The molecule has 0 saturated heterocycles. The van der Waals surface area contributed by atoms with Gasteiger partial charge >= 0.3 is 0 Å². The zero-order valence-electron chi connectivity index (χ0n) is 9.36. The topological polar surface area (TPSA) is 25.8 Å². The third kappa shape index (κ3) is 1.20. The molecular formula is C14H12N2. The Kier molecular flexibility index (Phi) is 1.90. The van der Waals surface area contributed by atoms with Crippen LogP contribution < -0.4 is 0 Å². The predicted molar refractivity (Wildman–Crippen MR) is 66.5 cm³/mol. The summed E-state index contributed by atoms with van der Waals surface area (Å²) in [5, 5.41) is 2.36. The minimum atomic E-state index is 1.05. The van der Waals surface area contributed by atoms with Gasteiger partial charge in [0.2, 0.25) is 0 Å². The van der Waals surface area contributed by atoms with E-state index in [-0.39, 0.29) is 0 Å². The molecule has 78 valence electrons. The van der Waals surface area contributed by atoms with Gasteiger partial charge in [-0.25, -0.2) is 0 Å². The molecule has 2 nitrogen and oxygen atoms in total. The van der Waals surface area contributed by atoms with Gasteiger partial charge in [0, 0.05) is 23.2 Å². The molecule has 0 aliphatic carbocycles. The van der Waals surface area contributed by atoms with Crippen LogP contribution in [0, 0.1) is 13.8 Å². The van der Waals surface area contributed by atoms with Gasteiger partial charge in [0.1, 0.15) is 0 Å². The Morgan fingerprint density at radius 3 is 2.56 bits per heavy atom. The fourth-order valence-electron chi connectivity index (χ4n) is 2.20. The van der Waals surface area contributed by atoms with Crippen LogP contribution in [0.25, 0.3) is 21.8 Å². The van der Waals surface area contributed by atoms with Gasteiger partial charge in [-0.15, -0.1) is 0 Å². The van der Waals surface area contributed by atoms with E-state index >= 15 is 0 Å². The molecule has 3 aromatic rings. The fourth-order valence-corrected chi connectivity index (χ4v) is 2.20. The average molecular weight is 208 g/mol. The molecule has 0 aliphatic rings. The Morgan fingerprint density at radius 1 is 0.875 bits per heavy atom. The number of nitrogens with zero attached hydrogens (tertiary/aromatic N) is 2. The molecule has 0 saturated carbocycles. The van der Waals surface area contributed by atoms with E-state index in [2.05, 4.69) is 35.9 Å². The van der Waals surface area contributed by atoms with Gasteiger partial charge in [0.25, 0.3) is 0 Å². The van der Waals surface area contributed by atoms with Crippen molar-refractivity contribution >= 4 is 21.8 Å². The molecule has 0 atom stereocenters. The molecule has 0 fully saturated rings. The second-order valence-corrected chi connectivity index (χ2v) is 4.12. The van der Waals surface area contributed by atoms with E-state index in [9.17, 15) is 0 Å². The normalized spacial score (nSPS) is 11.1. The van der Waals surface area contributed by atoms with Crippen LogP contribution in [-0.2, 0) is 0 Å². The SMILES string of the molecule is Cc1cc2cccnc2c2c(C)ccnc12. The summed E-state index contributed by atoms with van der Waals surface area (Å²) in [5.74, 6) is 0. The minimum Gasteiger partial charge on any atom is -0.256 e. The molecule has 0 radical (unpaired) electrons. The Morgan fingerprint density at radius 2 is 1.69 bits per heavy atom. The maximum absolute atomic E-state index is 4.47. The number of pyridine rings is 2. The van der Waals surface area contributed by atoms with Crippen molar-refractivity contribution in [2.24, 2.45) is 0 Å². The van der Waals surface area contributed by atoms with Gasteiger partial charge in [-0.3, -0.25) is 9.97 Å². The lowest BCUT2D eigenvalue weighted by Crippen LogP contribution is -1.90. The maximum Gasteiger partial charge on any atom is 0.0798 e. The first-order valence-electron chi connectivity index (χ1n) is 5.37.